The first-order valence-corrected chi connectivity index (χ1v) is 11.2. The second-order valence-corrected chi connectivity index (χ2v) is 9.92. The topological polar surface area (TPSA) is 29.5 Å². The van der Waals surface area contributed by atoms with E-state index in [2.05, 4.69) is 71.6 Å². The van der Waals surface area contributed by atoms with Crippen LogP contribution in [0.3, 0.4) is 0 Å². The van der Waals surface area contributed by atoms with Gasteiger partial charge in [0, 0.05) is 17.6 Å². The molecule has 0 saturated carbocycles. The third kappa shape index (κ3) is 5.72. The Kier molecular flexibility index (Phi) is 8.10. The van der Waals surface area contributed by atoms with Gasteiger partial charge >= 0.3 is 5.97 Å². The zero-order valence-electron chi connectivity index (χ0n) is 19.8. The average molecular weight is 400 g/mol. The van der Waals surface area contributed by atoms with Gasteiger partial charge in [0.1, 0.15) is 0 Å². The molecule has 1 fully saturated rings. The molecule has 1 aliphatic rings. The van der Waals surface area contributed by atoms with Crippen LogP contribution >= 0.6 is 0 Å². The van der Waals surface area contributed by atoms with Gasteiger partial charge in [0.2, 0.25) is 0 Å². The van der Waals surface area contributed by atoms with Crippen LogP contribution in [0.1, 0.15) is 83.7 Å². The van der Waals surface area contributed by atoms with Crippen molar-refractivity contribution in [3.05, 3.63) is 47.0 Å². The molecular formula is C26H41NO2. The SMILES string of the molecule is COC(=O)c1ccc(CC2C(CC(C)CCC=C(C)C)N(C(C)C)C2(C)C)cc1. The zero-order chi connectivity index (χ0) is 21.8. The second kappa shape index (κ2) is 9.93. The molecule has 1 aliphatic heterocycles. The third-order valence-electron chi connectivity index (χ3n) is 6.64. The lowest BCUT2D eigenvalue weighted by Crippen LogP contribution is -2.72. The first-order chi connectivity index (χ1) is 13.6. The van der Waals surface area contributed by atoms with E-state index < -0.39 is 0 Å². The number of allylic oxidation sites excluding steroid dienone is 2. The van der Waals surface area contributed by atoms with E-state index in [-0.39, 0.29) is 11.5 Å². The van der Waals surface area contributed by atoms with Crippen LogP contribution in [0.4, 0.5) is 0 Å². The van der Waals surface area contributed by atoms with Gasteiger partial charge < -0.3 is 4.74 Å². The number of benzene rings is 1. The largest absolute Gasteiger partial charge is 0.465 e. The second-order valence-electron chi connectivity index (χ2n) is 9.92. The summed E-state index contributed by atoms with van der Waals surface area (Å²) in [5, 5.41) is 0. The quantitative estimate of drug-likeness (QED) is 0.362. The molecule has 1 aromatic rings. The van der Waals surface area contributed by atoms with E-state index in [1.54, 1.807) is 0 Å². The van der Waals surface area contributed by atoms with Gasteiger partial charge in [-0.2, -0.15) is 0 Å². The van der Waals surface area contributed by atoms with Crippen molar-refractivity contribution in [2.75, 3.05) is 7.11 Å². The highest BCUT2D eigenvalue weighted by Gasteiger charge is 2.54. The minimum Gasteiger partial charge on any atom is -0.465 e. The average Bonchev–Trinajstić information content (AvgIpc) is 2.64. The fourth-order valence-electron chi connectivity index (χ4n) is 5.25. The Morgan fingerprint density at radius 3 is 2.31 bits per heavy atom. The van der Waals surface area contributed by atoms with Crippen LogP contribution in [0, 0.1) is 11.8 Å². The lowest BCUT2D eigenvalue weighted by Gasteiger charge is -2.64. The number of carbonyl (C=O) groups is 1. The van der Waals surface area contributed by atoms with Gasteiger partial charge in [-0.3, -0.25) is 4.90 Å². The smallest absolute Gasteiger partial charge is 0.337 e. The number of hydrogen-bond acceptors (Lipinski definition) is 3. The summed E-state index contributed by atoms with van der Waals surface area (Å²) in [7, 11) is 1.43. The Morgan fingerprint density at radius 2 is 1.79 bits per heavy atom. The van der Waals surface area contributed by atoms with E-state index in [1.165, 1.54) is 37.5 Å². The van der Waals surface area contributed by atoms with Crippen molar-refractivity contribution in [2.45, 2.75) is 91.8 Å². The first-order valence-electron chi connectivity index (χ1n) is 11.2. The molecule has 1 heterocycles. The Balaban J connectivity index is 2.10. The molecule has 29 heavy (non-hydrogen) atoms. The standard InChI is InChI=1S/C26H41NO2/c1-18(2)10-9-11-20(5)16-24-23(26(6,7)27(24)19(3)4)17-21-12-14-22(15-13-21)25(28)29-8/h10,12-15,19-20,23-24H,9,11,16-17H2,1-8H3. The predicted octanol–water partition coefficient (Wildman–Crippen LogP) is 6.28. The van der Waals surface area contributed by atoms with Crippen LogP contribution in [-0.4, -0.2) is 35.6 Å². The summed E-state index contributed by atoms with van der Waals surface area (Å²) in [6.07, 6.45) is 7.11. The molecule has 0 amide bonds. The monoisotopic (exact) mass is 399 g/mol. The van der Waals surface area contributed by atoms with Gasteiger partial charge in [-0.1, -0.05) is 30.7 Å². The van der Waals surface area contributed by atoms with Crippen LogP contribution in [-0.2, 0) is 11.2 Å². The summed E-state index contributed by atoms with van der Waals surface area (Å²) in [6, 6.07) is 9.14. The van der Waals surface area contributed by atoms with Gasteiger partial charge in [0.25, 0.3) is 0 Å². The number of methoxy groups -OCH3 is 1. The number of hydrogen-bond donors (Lipinski definition) is 0. The minimum atomic E-state index is -0.269. The van der Waals surface area contributed by atoms with Crippen molar-refractivity contribution in [3.8, 4) is 0 Å². The maximum absolute atomic E-state index is 11.7. The number of rotatable bonds is 9. The van der Waals surface area contributed by atoms with Crippen molar-refractivity contribution in [1.82, 2.24) is 4.90 Å². The molecule has 1 saturated heterocycles. The number of nitrogens with zero attached hydrogens (tertiary/aromatic N) is 1. The zero-order valence-corrected chi connectivity index (χ0v) is 19.8. The summed E-state index contributed by atoms with van der Waals surface area (Å²) in [6.45, 7) is 16.2. The molecule has 0 bridgehead atoms. The number of ether oxygens (including phenoxy) is 1. The molecular weight excluding hydrogens is 358 g/mol. The van der Waals surface area contributed by atoms with Crippen molar-refractivity contribution < 1.29 is 9.53 Å². The summed E-state index contributed by atoms with van der Waals surface area (Å²) in [5.41, 5.74) is 3.54. The summed E-state index contributed by atoms with van der Waals surface area (Å²) in [5.74, 6) is 1.08. The molecule has 0 N–H and O–H groups in total. The van der Waals surface area contributed by atoms with E-state index in [0.29, 0.717) is 23.6 Å². The van der Waals surface area contributed by atoms with Gasteiger partial charge in [-0.25, -0.2) is 4.79 Å². The van der Waals surface area contributed by atoms with E-state index >= 15 is 0 Å². The summed E-state index contributed by atoms with van der Waals surface area (Å²) < 4.78 is 4.82. The van der Waals surface area contributed by atoms with Crippen LogP contribution in [0.5, 0.6) is 0 Å². The number of esters is 1. The molecule has 3 atom stereocenters. The van der Waals surface area contributed by atoms with Gasteiger partial charge in [-0.15, -0.1) is 0 Å². The normalized spacial score (nSPS) is 22.1. The molecule has 0 spiro atoms. The number of likely N-dealkylation sites (tertiary alicyclic amines) is 1. The van der Waals surface area contributed by atoms with E-state index in [9.17, 15) is 4.79 Å². The maximum Gasteiger partial charge on any atom is 0.337 e. The van der Waals surface area contributed by atoms with Crippen molar-refractivity contribution in [3.63, 3.8) is 0 Å². The Labute approximate surface area is 178 Å². The van der Waals surface area contributed by atoms with Gasteiger partial charge in [-0.05, 0) is 96.8 Å². The van der Waals surface area contributed by atoms with Gasteiger partial charge in [0.05, 0.1) is 12.7 Å². The highest BCUT2D eigenvalue weighted by Crippen LogP contribution is 2.48. The fraction of sp³-hybridized carbons (Fsp3) is 0.654. The molecule has 162 valence electrons. The Morgan fingerprint density at radius 1 is 1.17 bits per heavy atom. The van der Waals surface area contributed by atoms with Crippen LogP contribution in [0.2, 0.25) is 0 Å². The Bertz CT molecular complexity index is 698. The maximum atomic E-state index is 11.7. The van der Waals surface area contributed by atoms with Crippen LogP contribution in [0.15, 0.2) is 35.9 Å². The fourth-order valence-corrected chi connectivity index (χ4v) is 5.25. The van der Waals surface area contributed by atoms with Crippen molar-refractivity contribution in [1.29, 1.82) is 0 Å². The third-order valence-corrected chi connectivity index (χ3v) is 6.64. The molecule has 1 aromatic carbocycles. The molecule has 3 unspecified atom stereocenters. The lowest BCUT2D eigenvalue weighted by atomic mass is 9.64. The molecule has 0 radical (unpaired) electrons. The number of carbonyl (C=O) groups excluding carboxylic acids is 1. The van der Waals surface area contributed by atoms with Crippen LogP contribution in [0.25, 0.3) is 0 Å². The molecule has 0 aliphatic carbocycles. The molecule has 3 heteroatoms. The van der Waals surface area contributed by atoms with Crippen molar-refractivity contribution in [2.24, 2.45) is 11.8 Å². The van der Waals surface area contributed by atoms with Crippen LogP contribution < -0.4 is 0 Å². The predicted molar refractivity (Wildman–Crippen MR) is 122 cm³/mol. The van der Waals surface area contributed by atoms with Gasteiger partial charge in [0.15, 0.2) is 0 Å². The summed E-state index contributed by atoms with van der Waals surface area (Å²) >= 11 is 0. The van der Waals surface area contributed by atoms with Crippen molar-refractivity contribution >= 4 is 5.97 Å². The first kappa shape index (κ1) is 23.7. The Hall–Kier alpha value is -1.61. The highest BCUT2D eigenvalue weighted by atomic mass is 16.5. The minimum absolute atomic E-state index is 0.194. The molecule has 2 rings (SSSR count). The summed E-state index contributed by atoms with van der Waals surface area (Å²) in [4.78, 5) is 14.4. The van der Waals surface area contributed by atoms with E-state index in [4.69, 9.17) is 4.74 Å². The van der Waals surface area contributed by atoms with E-state index in [0.717, 1.165) is 12.3 Å². The molecule has 0 aromatic heterocycles. The molecule has 3 nitrogen and oxygen atoms in total. The highest BCUT2D eigenvalue weighted by molar-refractivity contribution is 5.89. The lowest BCUT2D eigenvalue weighted by molar-refractivity contribution is -0.145. The van der Waals surface area contributed by atoms with E-state index in [1.807, 2.05) is 12.1 Å².